The summed E-state index contributed by atoms with van der Waals surface area (Å²) >= 11 is 6.05. The molecular formula is C30H27ClFN3O3. The minimum absolute atomic E-state index is 0.0666. The zero-order valence-corrected chi connectivity index (χ0v) is 21.5. The molecule has 4 aromatic rings. The number of unbranched alkanes of at least 4 members (excludes halogenated alkanes) is 1. The van der Waals surface area contributed by atoms with Gasteiger partial charge in [-0.15, -0.1) is 0 Å². The molecule has 0 radical (unpaired) electrons. The second-order valence-electron chi connectivity index (χ2n) is 9.56. The molecule has 2 N–H and O–H groups in total. The van der Waals surface area contributed by atoms with E-state index < -0.39 is 17.7 Å². The van der Waals surface area contributed by atoms with Crippen LogP contribution in [0, 0.1) is 5.82 Å². The normalized spacial score (nSPS) is 14.7. The van der Waals surface area contributed by atoms with Crippen LogP contribution >= 0.6 is 11.6 Å². The van der Waals surface area contributed by atoms with Crippen LogP contribution in [0.3, 0.4) is 0 Å². The van der Waals surface area contributed by atoms with Gasteiger partial charge in [0.15, 0.2) is 0 Å². The summed E-state index contributed by atoms with van der Waals surface area (Å²) in [7, 11) is 0. The number of benzene rings is 3. The number of rotatable bonds is 8. The van der Waals surface area contributed by atoms with E-state index in [1.165, 1.54) is 17.7 Å². The van der Waals surface area contributed by atoms with Gasteiger partial charge in [-0.1, -0.05) is 48.0 Å². The third kappa shape index (κ3) is 5.68. The summed E-state index contributed by atoms with van der Waals surface area (Å²) in [5, 5.41) is 12.6. The van der Waals surface area contributed by atoms with Crippen molar-refractivity contribution in [3.8, 4) is 11.3 Å². The maximum atomic E-state index is 15.2. The lowest BCUT2D eigenvalue weighted by atomic mass is 9.87. The number of aromatic nitrogens is 2. The second-order valence-corrected chi connectivity index (χ2v) is 10.0. The Labute approximate surface area is 224 Å². The number of nitrogens with zero attached hydrogens (tertiary/aromatic N) is 2. The fourth-order valence-corrected chi connectivity index (χ4v) is 5.14. The minimum Gasteiger partial charge on any atom is -0.481 e. The van der Waals surface area contributed by atoms with E-state index in [0.29, 0.717) is 46.7 Å². The van der Waals surface area contributed by atoms with Gasteiger partial charge >= 0.3 is 5.97 Å². The molecule has 6 nitrogen and oxygen atoms in total. The SMILES string of the molecule is O=C(O)CCCCc1nc2cc(C(=O)N[C@@H]3CCCc4ccccc43)c(F)cc2nc1-c1ccc(Cl)cc1. The number of fused-ring (bicyclic) bond motifs is 2. The van der Waals surface area contributed by atoms with Gasteiger partial charge < -0.3 is 10.4 Å². The lowest BCUT2D eigenvalue weighted by Gasteiger charge is -2.26. The van der Waals surface area contributed by atoms with Gasteiger partial charge in [0.25, 0.3) is 5.91 Å². The van der Waals surface area contributed by atoms with Crippen LogP contribution in [0.4, 0.5) is 4.39 Å². The number of carbonyl (C=O) groups is 2. The van der Waals surface area contributed by atoms with E-state index in [-0.39, 0.29) is 18.0 Å². The molecule has 0 unspecified atom stereocenters. The molecule has 0 spiro atoms. The number of halogens is 2. The number of carbonyl (C=O) groups excluding carboxylic acids is 1. The van der Waals surface area contributed by atoms with E-state index in [1.807, 2.05) is 30.3 Å². The van der Waals surface area contributed by atoms with Gasteiger partial charge in [0.2, 0.25) is 0 Å². The third-order valence-electron chi connectivity index (χ3n) is 6.92. The molecule has 1 aromatic heterocycles. The number of hydrogen-bond acceptors (Lipinski definition) is 4. The topological polar surface area (TPSA) is 92.2 Å². The molecule has 0 saturated heterocycles. The first-order valence-electron chi connectivity index (χ1n) is 12.8. The Morgan fingerprint density at radius 3 is 2.58 bits per heavy atom. The average molecular weight is 532 g/mol. The standard InChI is InChI=1S/C30H27ClFN3O3/c31-20-14-12-19(13-15-20)29-25(9-3-4-11-28(36)37)33-26-16-22(23(32)17-27(26)34-29)30(38)35-24-10-5-7-18-6-1-2-8-21(18)24/h1-2,6,8,12-17,24H,3-5,7,9-11H2,(H,35,38)(H,36,37)/t24-/m1/s1. The Balaban J connectivity index is 1.47. The average Bonchev–Trinajstić information content (AvgIpc) is 2.91. The Morgan fingerprint density at radius 2 is 1.79 bits per heavy atom. The number of amides is 1. The fourth-order valence-electron chi connectivity index (χ4n) is 5.01. The predicted molar refractivity (Wildman–Crippen MR) is 145 cm³/mol. The van der Waals surface area contributed by atoms with Crippen molar-refractivity contribution >= 4 is 34.5 Å². The van der Waals surface area contributed by atoms with Crippen LogP contribution in [0.2, 0.25) is 5.02 Å². The molecule has 1 amide bonds. The summed E-state index contributed by atoms with van der Waals surface area (Å²) in [5.74, 6) is -2.00. The van der Waals surface area contributed by atoms with Gasteiger partial charge in [-0.3, -0.25) is 9.59 Å². The van der Waals surface area contributed by atoms with Crippen LogP contribution in [0.5, 0.6) is 0 Å². The van der Waals surface area contributed by atoms with Gasteiger partial charge in [-0.25, -0.2) is 14.4 Å². The van der Waals surface area contributed by atoms with Crippen molar-refractivity contribution in [1.29, 1.82) is 0 Å². The highest BCUT2D eigenvalue weighted by atomic mass is 35.5. The van der Waals surface area contributed by atoms with E-state index in [9.17, 15) is 9.59 Å². The number of aliphatic carboxylic acids is 1. The number of aryl methyl sites for hydroxylation is 2. The Hall–Kier alpha value is -3.84. The van der Waals surface area contributed by atoms with E-state index >= 15 is 4.39 Å². The van der Waals surface area contributed by atoms with Gasteiger partial charge in [-0.2, -0.15) is 0 Å². The molecule has 1 aliphatic rings. The van der Waals surface area contributed by atoms with E-state index in [1.54, 1.807) is 12.1 Å². The molecule has 8 heteroatoms. The smallest absolute Gasteiger partial charge is 0.303 e. The Morgan fingerprint density at radius 1 is 1.03 bits per heavy atom. The Kier molecular flexibility index (Phi) is 7.65. The highest BCUT2D eigenvalue weighted by Crippen LogP contribution is 2.31. The fraction of sp³-hybridized carbons (Fsp3) is 0.267. The molecule has 1 aliphatic carbocycles. The summed E-state index contributed by atoms with van der Waals surface area (Å²) in [5.41, 5.74) is 4.96. The van der Waals surface area contributed by atoms with Crippen molar-refractivity contribution in [2.24, 2.45) is 0 Å². The molecule has 0 saturated carbocycles. The molecule has 0 aliphatic heterocycles. The van der Waals surface area contributed by atoms with Crippen molar-refractivity contribution in [3.05, 3.63) is 93.9 Å². The largest absolute Gasteiger partial charge is 0.481 e. The highest BCUT2D eigenvalue weighted by molar-refractivity contribution is 6.30. The summed E-state index contributed by atoms with van der Waals surface area (Å²) in [4.78, 5) is 33.6. The van der Waals surface area contributed by atoms with E-state index in [4.69, 9.17) is 26.7 Å². The molecule has 194 valence electrons. The Bertz CT molecular complexity index is 1510. The number of hydrogen-bond donors (Lipinski definition) is 2. The minimum atomic E-state index is -0.848. The van der Waals surface area contributed by atoms with Crippen molar-refractivity contribution in [2.45, 2.75) is 51.0 Å². The van der Waals surface area contributed by atoms with Crippen molar-refractivity contribution in [2.75, 3.05) is 0 Å². The van der Waals surface area contributed by atoms with Crippen LogP contribution in [-0.4, -0.2) is 27.0 Å². The first-order valence-corrected chi connectivity index (χ1v) is 13.1. The van der Waals surface area contributed by atoms with Crippen LogP contribution in [0.15, 0.2) is 60.7 Å². The zero-order valence-electron chi connectivity index (χ0n) is 20.7. The molecule has 3 aromatic carbocycles. The van der Waals surface area contributed by atoms with E-state index in [0.717, 1.165) is 30.4 Å². The summed E-state index contributed by atoms with van der Waals surface area (Å²) in [6, 6.07) is 17.7. The summed E-state index contributed by atoms with van der Waals surface area (Å²) < 4.78 is 15.2. The van der Waals surface area contributed by atoms with Crippen LogP contribution in [0.25, 0.3) is 22.3 Å². The van der Waals surface area contributed by atoms with Crippen molar-refractivity contribution in [3.63, 3.8) is 0 Å². The van der Waals surface area contributed by atoms with Crippen LogP contribution in [-0.2, 0) is 17.6 Å². The molecule has 1 atom stereocenters. The molecule has 38 heavy (non-hydrogen) atoms. The van der Waals surface area contributed by atoms with Gasteiger partial charge in [-0.05, 0) is 67.9 Å². The molecule has 0 bridgehead atoms. The van der Waals surface area contributed by atoms with Gasteiger partial charge in [0.05, 0.1) is 34.0 Å². The molecule has 0 fully saturated rings. The third-order valence-corrected chi connectivity index (χ3v) is 7.17. The quantitative estimate of drug-likeness (QED) is 0.247. The number of carboxylic acids is 1. The van der Waals surface area contributed by atoms with Crippen molar-refractivity contribution in [1.82, 2.24) is 15.3 Å². The first-order chi connectivity index (χ1) is 18.4. The maximum Gasteiger partial charge on any atom is 0.303 e. The van der Waals surface area contributed by atoms with E-state index in [2.05, 4.69) is 11.4 Å². The first kappa shape index (κ1) is 25.8. The second kappa shape index (κ2) is 11.3. The lowest BCUT2D eigenvalue weighted by Crippen LogP contribution is -2.31. The van der Waals surface area contributed by atoms with Crippen LogP contribution < -0.4 is 5.32 Å². The number of carboxylic acid groups (broad SMARTS) is 1. The van der Waals surface area contributed by atoms with Gasteiger partial charge in [0, 0.05) is 23.1 Å². The molecule has 1 heterocycles. The molecular weight excluding hydrogens is 505 g/mol. The number of nitrogens with one attached hydrogen (secondary N) is 1. The maximum absolute atomic E-state index is 15.2. The zero-order chi connectivity index (χ0) is 26.6. The van der Waals surface area contributed by atoms with Gasteiger partial charge in [0.1, 0.15) is 5.82 Å². The monoisotopic (exact) mass is 531 g/mol. The predicted octanol–water partition coefficient (Wildman–Crippen LogP) is 6.69. The molecule has 5 rings (SSSR count). The highest BCUT2D eigenvalue weighted by Gasteiger charge is 2.24. The lowest BCUT2D eigenvalue weighted by molar-refractivity contribution is -0.137. The van der Waals surface area contributed by atoms with Crippen LogP contribution in [0.1, 0.15) is 65.3 Å². The summed E-state index contributed by atoms with van der Waals surface area (Å²) in [6.45, 7) is 0. The summed E-state index contributed by atoms with van der Waals surface area (Å²) in [6.07, 6.45) is 4.36. The van der Waals surface area contributed by atoms with Crippen molar-refractivity contribution < 1.29 is 19.1 Å².